The van der Waals surface area contributed by atoms with Gasteiger partial charge in [0.1, 0.15) is 0 Å². The molecule has 308 valence electrons. The Kier molecular flexibility index (Phi) is 13.3. The molecule has 0 fully saturated rings. The first kappa shape index (κ1) is 44.6. The third kappa shape index (κ3) is 9.82. The van der Waals surface area contributed by atoms with Gasteiger partial charge in [-0.15, -0.1) is 0 Å². The van der Waals surface area contributed by atoms with Crippen molar-refractivity contribution < 1.29 is 18.8 Å². The summed E-state index contributed by atoms with van der Waals surface area (Å²) < 4.78 is 12.5. The number of hydrogen-bond acceptors (Lipinski definition) is 4. The van der Waals surface area contributed by atoms with Crippen LogP contribution in [0.3, 0.4) is 0 Å². The van der Waals surface area contributed by atoms with E-state index >= 15 is 0 Å². The topological polar surface area (TPSA) is 58.9 Å². The minimum absolute atomic E-state index is 0.113. The van der Waals surface area contributed by atoms with Crippen molar-refractivity contribution in [2.75, 3.05) is 6.79 Å². The Hall–Kier alpha value is -3.98. The third-order valence-electron chi connectivity index (χ3n) is 10.9. The first-order valence-corrected chi connectivity index (χ1v) is 23.0. The lowest BCUT2D eigenvalue weighted by Gasteiger charge is -2.29. The summed E-state index contributed by atoms with van der Waals surface area (Å²) >= 11 is 0. The van der Waals surface area contributed by atoms with Crippen LogP contribution < -0.4 is 10.6 Å². The van der Waals surface area contributed by atoms with Crippen molar-refractivity contribution in [1.82, 2.24) is 0 Å². The number of benzene rings is 6. The molecule has 0 spiro atoms. The van der Waals surface area contributed by atoms with Gasteiger partial charge in [0, 0.05) is 21.7 Å². The van der Waals surface area contributed by atoms with Crippen molar-refractivity contribution in [3.63, 3.8) is 0 Å². The highest BCUT2D eigenvalue weighted by Crippen LogP contribution is 2.48. The van der Waals surface area contributed by atoms with Gasteiger partial charge < -0.3 is 18.8 Å². The minimum Gasteiger partial charge on any atom is -0.346 e. The van der Waals surface area contributed by atoms with Crippen LogP contribution in [0.5, 0.6) is 0 Å². The molecule has 2 unspecified atom stereocenters. The maximum absolute atomic E-state index is 12.1. The van der Waals surface area contributed by atoms with Gasteiger partial charge in [-0.05, 0) is 89.4 Å². The summed E-state index contributed by atoms with van der Waals surface area (Å²) in [7, 11) is -4.34. The molecule has 0 saturated carbocycles. The predicted molar refractivity (Wildman–Crippen MR) is 254 cm³/mol. The molecule has 0 aromatic heterocycles. The monoisotopic (exact) mass is 824 g/mol. The molecule has 0 radical (unpaired) electrons. The van der Waals surface area contributed by atoms with Gasteiger partial charge in [0.05, 0.1) is 0 Å². The highest BCUT2D eigenvalue weighted by Gasteiger charge is 2.30. The average Bonchev–Trinajstić information content (AvgIpc) is 3.19. The lowest BCUT2D eigenvalue weighted by atomic mass is 9.78. The average molecular weight is 825 g/mol. The molecule has 4 nitrogen and oxygen atoms in total. The van der Waals surface area contributed by atoms with Crippen molar-refractivity contribution in [2.45, 2.75) is 105 Å². The molecule has 6 aromatic rings. The summed E-state index contributed by atoms with van der Waals surface area (Å²) in [6.07, 6.45) is 0. The standard InChI is InChI=1S/C53H62O4P2/c1-50(2,3)42-29-17-13-23-36(42)38-27-21-33-46(48(38)40-25-15-19-31-44(40)52(7,8)9)58(54)56-35-57-59(55)47-34-22-28-39(37-24-14-18-30-43(37)51(4,5)6)49(47)41-26-16-20-32-45(41)53(10,11)12/h13-34,54-55H,35H2,1-12H3. The van der Waals surface area contributed by atoms with Crippen LogP contribution in [0.15, 0.2) is 133 Å². The van der Waals surface area contributed by atoms with Crippen LogP contribution in [0.25, 0.3) is 44.5 Å². The zero-order chi connectivity index (χ0) is 42.9. The van der Waals surface area contributed by atoms with Crippen LogP contribution in [0.4, 0.5) is 0 Å². The molecule has 2 N–H and O–H groups in total. The molecule has 2 atom stereocenters. The smallest absolute Gasteiger partial charge is 0.205 e. The second-order valence-electron chi connectivity index (χ2n) is 19.5. The van der Waals surface area contributed by atoms with Crippen LogP contribution >= 0.6 is 16.8 Å². The Morgan fingerprint density at radius 1 is 0.339 bits per heavy atom. The zero-order valence-electron chi connectivity index (χ0n) is 37.0. The minimum atomic E-state index is -2.17. The van der Waals surface area contributed by atoms with Crippen molar-refractivity contribution in [3.8, 4) is 44.5 Å². The van der Waals surface area contributed by atoms with Crippen LogP contribution in [0, 0.1) is 0 Å². The van der Waals surface area contributed by atoms with Crippen LogP contribution in [0.1, 0.15) is 105 Å². The number of rotatable bonds is 10. The summed E-state index contributed by atoms with van der Waals surface area (Å²) in [6, 6.07) is 46.3. The molecule has 0 aliphatic heterocycles. The van der Waals surface area contributed by atoms with Gasteiger partial charge in [-0.25, -0.2) is 0 Å². The first-order chi connectivity index (χ1) is 27.7. The van der Waals surface area contributed by atoms with Gasteiger partial charge in [-0.1, -0.05) is 204 Å². The molecule has 59 heavy (non-hydrogen) atoms. The van der Waals surface area contributed by atoms with Gasteiger partial charge in [-0.2, -0.15) is 0 Å². The maximum Gasteiger partial charge on any atom is 0.205 e. The second-order valence-corrected chi connectivity index (χ2v) is 22.1. The Labute approximate surface area is 356 Å². The SMILES string of the molecule is CC(C)(C)c1ccccc1-c1cccc(P(O)OCOP(O)c2cccc(-c3ccccc3C(C)(C)C)c2-c2ccccc2C(C)(C)C)c1-c1ccccc1C(C)(C)C. The maximum atomic E-state index is 12.1. The Balaban J connectivity index is 1.42. The fraction of sp³-hybridized carbons (Fsp3) is 0.321. The van der Waals surface area contributed by atoms with E-state index in [0.717, 1.165) is 44.5 Å². The Morgan fingerprint density at radius 2 is 0.593 bits per heavy atom. The van der Waals surface area contributed by atoms with E-state index in [-0.39, 0.29) is 28.5 Å². The van der Waals surface area contributed by atoms with E-state index in [1.54, 1.807) is 0 Å². The molecular formula is C53H62O4P2. The molecule has 0 amide bonds. The van der Waals surface area contributed by atoms with Gasteiger partial charge in [0.15, 0.2) is 6.79 Å². The molecule has 0 bridgehead atoms. The molecule has 6 rings (SSSR count). The van der Waals surface area contributed by atoms with Gasteiger partial charge in [-0.3, -0.25) is 0 Å². The molecule has 6 aromatic carbocycles. The lowest BCUT2D eigenvalue weighted by molar-refractivity contribution is 0.128. The van der Waals surface area contributed by atoms with Gasteiger partial charge in [0.25, 0.3) is 0 Å². The summed E-state index contributed by atoms with van der Waals surface area (Å²) in [4.78, 5) is 24.2. The quantitative estimate of drug-likeness (QED) is 0.107. The van der Waals surface area contributed by atoms with E-state index in [9.17, 15) is 9.79 Å². The van der Waals surface area contributed by atoms with Crippen molar-refractivity contribution >= 4 is 27.4 Å². The number of hydrogen-bond donors (Lipinski definition) is 2. The van der Waals surface area contributed by atoms with Gasteiger partial charge >= 0.3 is 0 Å². The molecular weight excluding hydrogens is 763 g/mol. The molecule has 0 aliphatic carbocycles. The van der Waals surface area contributed by atoms with E-state index in [2.05, 4.69) is 192 Å². The van der Waals surface area contributed by atoms with Crippen LogP contribution in [0.2, 0.25) is 0 Å². The molecule has 0 saturated heterocycles. The Morgan fingerprint density at radius 3 is 0.898 bits per heavy atom. The fourth-order valence-electron chi connectivity index (χ4n) is 8.13. The summed E-state index contributed by atoms with van der Waals surface area (Å²) in [5.74, 6) is 0. The largest absolute Gasteiger partial charge is 0.346 e. The van der Waals surface area contributed by atoms with Crippen LogP contribution in [-0.2, 0) is 30.7 Å². The van der Waals surface area contributed by atoms with E-state index in [1.807, 2.05) is 24.3 Å². The van der Waals surface area contributed by atoms with Gasteiger partial charge in [0.2, 0.25) is 16.8 Å². The van der Waals surface area contributed by atoms with E-state index in [4.69, 9.17) is 9.05 Å². The summed E-state index contributed by atoms with van der Waals surface area (Å²) in [6.45, 7) is 26.4. The second kappa shape index (κ2) is 17.6. The highest BCUT2D eigenvalue weighted by molar-refractivity contribution is 7.56. The first-order valence-electron chi connectivity index (χ1n) is 20.6. The van der Waals surface area contributed by atoms with Crippen molar-refractivity contribution in [2.24, 2.45) is 0 Å². The fourth-order valence-corrected chi connectivity index (χ4v) is 10.1. The van der Waals surface area contributed by atoms with Crippen molar-refractivity contribution in [1.29, 1.82) is 0 Å². The molecule has 0 aliphatic rings. The zero-order valence-corrected chi connectivity index (χ0v) is 38.8. The predicted octanol–water partition coefficient (Wildman–Crippen LogP) is 14.1. The summed E-state index contributed by atoms with van der Waals surface area (Å²) in [5.41, 5.74) is 12.6. The summed E-state index contributed by atoms with van der Waals surface area (Å²) in [5, 5.41) is 1.40. The van der Waals surface area contributed by atoms with Crippen molar-refractivity contribution in [3.05, 3.63) is 156 Å². The normalized spacial score (nSPS) is 13.7. The molecule has 6 heteroatoms. The third-order valence-corrected chi connectivity index (χ3v) is 13.2. The molecule has 0 heterocycles. The van der Waals surface area contributed by atoms with E-state index in [1.165, 1.54) is 22.3 Å². The van der Waals surface area contributed by atoms with E-state index < -0.39 is 16.8 Å². The Bertz CT molecular complexity index is 2240. The van der Waals surface area contributed by atoms with E-state index in [0.29, 0.717) is 10.6 Å². The van der Waals surface area contributed by atoms with Crippen LogP contribution in [-0.4, -0.2) is 16.6 Å². The lowest BCUT2D eigenvalue weighted by Crippen LogP contribution is -2.18. The highest BCUT2D eigenvalue weighted by atomic mass is 31.2.